The first-order valence-electron chi connectivity index (χ1n) is 7.79. The van der Waals surface area contributed by atoms with Gasteiger partial charge in [-0.05, 0) is 32.8 Å². The highest BCUT2D eigenvalue weighted by Gasteiger charge is 2.45. The predicted octanol–water partition coefficient (Wildman–Crippen LogP) is 0.205. The van der Waals surface area contributed by atoms with Gasteiger partial charge in [0.1, 0.15) is 12.1 Å². The van der Waals surface area contributed by atoms with Crippen molar-refractivity contribution in [3.8, 4) is 0 Å². The number of rotatable bonds is 4. The van der Waals surface area contributed by atoms with E-state index in [0.29, 0.717) is 13.1 Å². The molecular formula is C15H21N5O3. The normalized spacial score (nSPS) is 23.5. The Morgan fingerprint density at radius 2 is 2.22 bits per heavy atom. The van der Waals surface area contributed by atoms with E-state index in [1.807, 2.05) is 12.3 Å². The van der Waals surface area contributed by atoms with Crippen LogP contribution in [0.1, 0.15) is 26.7 Å². The molecule has 2 fully saturated rings. The Labute approximate surface area is 134 Å². The second-order valence-corrected chi connectivity index (χ2v) is 6.56. The summed E-state index contributed by atoms with van der Waals surface area (Å²) in [7, 11) is 0. The van der Waals surface area contributed by atoms with Crippen LogP contribution in [0, 0.1) is 0 Å². The minimum Gasteiger partial charge on any atom is -0.336 e. The van der Waals surface area contributed by atoms with Gasteiger partial charge in [-0.15, -0.1) is 0 Å². The average Bonchev–Trinajstić information content (AvgIpc) is 3.18. The van der Waals surface area contributed by atoms with E-state index >= 15 is 0 Å². The second kappa shape index (κ2) is 5.68. The van der Waals surface area contributed by atoms with Gasteiger partial charge in [0.05, 0.1) is 12.6 Å². The molecule has 4 amide bonds. The molecule has 0 radical (unpaired) electrons. The van der Waals surface area contributed by atoms with Gasteiger partial charge in [0.2, 0.25) is 5.91 Å². The molecule has 1 aromatic rings. The molecule has 0 bridgehead atoms. The first-order valence-corrected chi connectivity index (χ1v) is 7.79. The molecule has 2 aliphatic rings. The Kier molecular flexibility index (Phi) is 3.83. The highest BCUT2D eigenvalue weighted by molar-refractivity contribution is 6.08. The van der Waals surface area contributed by atoms with Gasteiger partial charge in [-0.25, -0.2) is 4.79 Å². The number of nitrogens with zero attached hydrogens (tertiary/aromatic N) is 4. The third kappa shape index (κ3) is 2.93. The van der Waals surface area contributed by atoms with Crippen molar-refractivity contribution in [2.75, 3.05) is 13.1 Å². The van der Waals surface area contributed by atoms with Crippen molar-refractivity contribution in [2.24, 2.45) is 0 Å². The Hall–Kier alpha value is -2.38. The molecule has 0 unspecified atom stereocenters. The van der Waals surface area contributed by atoms with Crippen LogP contribution in [0.15, 0.2) is 18.5 Å². The van der Waals surface area contributed by atoms with Gasteiger partial charge in [0.25, 0.3) is 5.91 Å². The molecule has 8 heteroatoms. The zero-order valence-corrected chi connectivity index (χ0v) is 13.4. The Balaban J connectivity index is 1.65. The third-order valence-electron chi connectivity index (χ3n) is 4.39. The first kappa shape index (κ1) is 15.5. The maximum absolute atomic E-state index is 12.6. The number of carbonyl (C=O) groups excluding carboxylic acids is 3. The number of hydrogen-bond donors (Lipinski definition) is 1. The summed E-state index contributed by atoms with van der Waals surface area (Å²) in [6.07, 6.45) is 5.39. The SMILES string of the molecule is CC1(C)NC(=O)N(CC(=O)N2CCC[C@@H]2Cn2cccn2)C1=O. The zero-order valence-electron chi connectivity index (χ0n) is 13.4. The first-order chi connectivity index (χ1) is 10.9. The number of likely N-dealkylation sites (tertiary alicyclic amines) is 1. The minimum absolute atomic E-state index is 0.0520. The van der Waals surface area contributed by atoms with Gasteiger partial charge in [-0.1, -0.05) is 0 Å². The van der Waals surface area contributed by atoms with Gasteiger partial charge in [-0.2, -0.15) is 5.10 Å². The predicted molar refractivity (Wildman–Crippen MR) is 81.3 cm³/mol. The lowest BCUT2D eigenvalue weighted by Gasteiger charge is -2.26. The monoisotopic (exact) mass is 319 g/mol. The smallest absolute Gasteiger partial charge is 0.325 e. The van der Waals surface area contributed by atoms with Gasteiger partial charge in [-0.3, -0.25) is 19.2 Å². The van der Waals surface area contributed by atoms with Gasteiger partial charge < -0.3 is 10.2 Å². The van der Waals surface area contributed by atoms with Crippen LogP contribution in [0.5, 0.6) is 0 Å². The Morgan fingerprint density at radius 3 is 2.83 bits per heavy atom. The fourth-order valence-electron chi connectivity index (χ4n) is 3.17. The number of nitrogens with one attached hydrogen (secondary N) is 1. The summed E-state index contributed by atoms with van der Waals surface area (Å²) in [5.74, 6) is -0.556. The molecular weight excluding hydrogens is 298 g/mol. The summed E-state index contributed by atoms with van der Waals surface area (Å²) >= 11 is 0. The summed E-state index contributed by atoms with van der Waals surface area (Å²) in [4.78, 5) is 39.4. The van der Waals surface area contributed by atoms with E-state index in [0.717, 1.165) is 17.7 Å². The fraction of sp³-hybridized carbons (Fsp3) is 0.600. The van der Waals surface area contributed by atoms with Gasteiger partial charge in [0.15, 0.2) is 0 Å². The fourth-order valence-corrected chi connectivity index (χ4v) is 3.17. The topological polar surface area (TPSA) is 87.5 Å². The summed E-state index contributed by atoms with van der Waals surface area (Å²) in [5.41, 5.74) is -0.948. The molecule has 0 spiro atoms. The van der Waals surface area contributed by atoms with E-state index in [2.05, 4.69) is 10.4 Å². The molecule has 0 aromatic carbocycles. The van der Waals surface area contributed by atoms with Crippen LogP contribution in [0.25, 0.3) is 0 Å². The highest BCUT2D eigenvalue weighted by atomic mass is 16.2. The zero-order chi connectivity index (χ0) is 16.6. The van der Waals surface area contributed by atoms with Crippen LogP contribution >= 0.6 is 0 Å². The third-order valence-corrected chi connectivity index (χ3v) is 4.39. The van der Waals surface area contributed by atoms with Crippen molar-refractivity contribution < 1.29 is 14.4 Å². The lowest BCUT2D eigenvalue weighted by molar-refractivity contribution is -0.139. The van der Waals surface area contributed by atoms with Crippen LogP contribution < -0.4 is 5.32 Å². The Bertz CT molecular complexity index is 625. The molecule has 1 N–H and O–H groups in total. The van der Waals surface area contributed by atoms with Crippen molar-refractivity contribution in [1.82, 2.24) is 24.9 Å². The summed E-state index contributed by atoms with van der Waals surface area (Å²) < 4.78 is 1.80. The quantitative estimate of drug-likeness (QED) is 0.803. The highest BCUT2D eigenvalue weighted by Crippen LogP contribution is 2.21. The molecule has 0 aliphatic carbocycles. The lowest BCUT2D eigenvalue weighted by atomic mass is 10.1. The van der Waals surface area contributed by atoms with E-state index in [1.165, 1.54) is 0 Å². The van der Waals surface area contributed by atoms with E-state index in [4.69, 9.17) is 0 Å². The van der Waals surface area contributed by atoms with Crippen LogP contribution in [-0.4, -0.2) is 62.1 Å². The van der Waals surface area contributed by atoms with Crippen molar-refractivity contribution in [3.05, 3.63) is 18.5 Å². The largest absolute Gasteiger partial charge is 0.336 e. The maximum Gasteiger partial charge on any atom is 0.325 e. The Morgan fingerprint density at radius 1 is 1.43 bits per heavy atom. The van der Waals surface area contributed by atoms with Crippen LogP contribution in [0.2, 0.25) is 0 Å². The van der Waals surface area contributed by atoms with Crippen molar-refractivity contribution in [1.29, 1.82) is 0 Å². The standard InChI is InChI=1S/C15H21N5O3/c1-15(2)13(22)20(14(23)17-15)10-12(21)19-8-3-5-11(19)9-18-7-4-6-16-18/h4,6-7,11H,3,5,8-10H2,1-2H3,(H,17,23)/t11-/m1/s1. The van der Waals surface area contributed by atoms with Crippen molar-refractivity contribution in [3.63, 3.8) is 0 Å². The summed E-state index contributed by atoms with van der Waals surface area (Å²) in [5, 5.41) is 6.76. The maximum atomic E-state index is 12.6. The van der Waals surface area contributed by atoms with Gasteiger partial charge >= 0.3 is 6.03 Å². The number of aromatic nitrogens is 2. The number of imide groups is 1. The molecule has 8 nitrogen and oxygen atoms in total. The molecule has 2 saturated heterocycles. The van der Waals surface area contributed by atoms with E-state index in [1.54, 1.807) is 29.6 Å². The summed E-state index contributed by atoms with van der Waals surface area (Å²) in [6.45, 7) is 4.34. The van der Waals surface area contributed by atoms with E-state index in [-0.39, 0.29) is 24.4 Å². The molecule has 124 valence electrons. The number of urea groups is 1. The van der Waals surface area contributed by atoms with Gasteiger partial charge in [0, 0.05) is 18.9 Å². The minimum atomic E-state index is -0.948. The number of amides is 4. The van der Waals surface area contributed by atoms with Crippen LogP contribution in [-0.2, 0) is 16.1 Å². The number of carbonyl (C=O) groups is 3. The molecule has 1 aromatic heterocycles. The molecule has 3 rings (SSSR count). The van der Waals surface area contributed by atoms with Crippen LogP contribution in [0.4, 0.5) is 4.79 Å². The summed E-state index contributed by atoms with van der Waals surface area (Å²) in [6, 6.07) is 1.39. The molecule has 0 saturated carbocycles. The molecule has 3 heterocycles. The molecule has 23 heavy (non-hydrogen) atoms. The van der Waals surface area contributed by atoms with E-state index < -0.39 is 11.6 Å². The molecule has 2 aliphatic heterocycles. The van der Waals surface area contributed by atoms with E-state index in [9.17, 15) is 14.4 Å². The molecule has 1 atom stereocenters. The number of hydrogen-bond acceptors (Lipinski definition) is 4. The van der Waals surface area contributed by atoms with Crippen LogP contribution in [0.3, 0.4) is 0 Å². The lowest BCUT2D eigenvalue weighted by Crippen LogP contribution is -2.46. The average molecular weight is 319 g/mol. The second-order valence-electron chi connectivity index (χ2n) is 6.56. The van der Waals surface area contributed by atoms with Crippen molar-refractivity contribution >= 4 is 17.8 Å². The van der Waals surface area contributed by atoms with Crippen molar-refractivity contribution in [2.45, 2.75) is 44.8 Å².